The number of hydrogen-bond acceptors (Lipinski definition) is 5. The molecule has 0 aliphatic carbocycles. The van der Waals surface area contributed by atoms with Gasteiger partial charge in [-0.25, -0.2) is 0 Å². The van der Waals surface area contributed by atoms with Gasteiger partial charge in [0, 0.05) is 16.2 Å². The molecule has 0 aromatic heterocycles. The molecule has 25 heavy (non-hydrogen) atoms. The molecule has 0 radical (unpaired) electrons. The van der Waals surface area contributed by atoms with Crippen LogP contribution >= 0.6 is 0 Å². The Morgan fingerprint density at radius 2 is 1.48 bits per heavy atom. The van der Waals surface area contributed by atoms with Crippen LogP contribution in [0.1, 0.15) is 0 Å². The van der Waals surface area contributed by atoms with E-state index in [0.717, 1.165) is 6.08 Å². The van der Waals surface area contributed by atoms with Crippen molar-refractivity contribution in [2.45, 2.75) is 5.51 Å². The molecule has 0 aliphatic rings. The first-order valence-electron chi connectivity index (χ1n) is 6.90. The third kappa shape index (κ3) is 2.85. The Morgan fingerprint density at radius 1 is 0.960 bits per heavy atom. The largest absolute Gasteiger partial charge is 0.523 e. The summed E-state index contributed by atoms with van der Waals surface area (Å²) in [6.07, 6.45) is 0.753. The second-order valence-electron chi connectivity index (χ2n) is 5.17. The summed E-state index contributed by atoms with van der Waals surface area (Å²) >= 11 is 0. The molecule has 130 valence electrons. The number of benzene rings is 3. The van der Waals surface area contributed by atoms with E-state index >= 15 is 0 Å². The summed E-state index contributed by atoms with van der Waals surface area (Å²) in [4.78, 5) is 24.9. The van der Waals surface area contributed by atoms with Crippen molar-refractivity contribution in [2.24, 2.45) is 0 Å². The summed E-state index contributed by atoms with van der Waals surface area (Å²) < 4.78 is 62.2. The van der Waals surface area contributed by atoms with Gasteiger partial charge in [0.15, 0.2) is 10.9 Å². The van der Waals surface area contributed by atoms with Crippen LogP contribution in [0, 0.1) is 0 Å². The highest BCUT2D eigenvalue weighted by Crippen LogP contribution is 2.24. The Morgan fingerprint density at radius 3 is 1.96 bits per heavy atom. The van der Waals surface area contributed by atoms with Gasteiger partial charge in [-0.1, -0.05) is 36.4 Å². The van der Waals surface area contributed by atoms with E-state index in [-0.39, 0.29) is 10.8 Å². The van der Waals surface area contributed by atoms with Gasteiger partial charge < -0.3 is 0 Å². The average molecular weight is 370 g/mol. The lowest BCUT2D eigenvalue weighted by Gasteiger charge is -2.06. The van der Waals surface area contributed by atoms with Crippen molar-refractivity contribution in [2.75, 3.05) is 6.61 Å². The molecular weight excluding hydrogens is 361 g/mol. The van der Waals surface area contributed by atoms with Crippen molar-refractivity contribution >= 4 is 37.7 Å². The molecule has 0 saturated carbocycles. The van der Waals surface area contributed by atoms with Crippen LogP contribution in [0.3, 0.4) is 0 Å². The Kier molecular flexibility index (Phi) is 4.00. The summed E-state index contributed by atoms with van der Waals surface area (Å²) in [7, 11) is -5.80. The SMILES string of the molecule is O=c1c(=CCOS(=O)(=O)C(F)(F)F)c(=O)c2cccc3cccc1c32. The van der Waals surface area contributed by atoms with Gasteiger partial charge in [-0.2, -0.15) is 21.6 Å². The molecule has 0 amide bonds. The van der Waals surface area contributed by atoms with Crippen LogP contribution in [0.5, 0.6) is 0 Å². The van der Waals surface area contributed by atoms with Gasteiger partial charge in [-0.05, 0) is 11.5 Å². The molecular formula is C16H9F3O5S. The van der Waals surface area contributed by atoms with E-state index in [1.807, 2.05) is 0 Å². The molecule has 0 aliphatic heterocycles. The highest BCUT2D eigenvalue weighted by atomic mass is 32.2. The molecule has 3 rings (SSSR count). The van der Waals surface area contributed by atoms with E-state index in [0.29, 0.717) is 10.8 Å². The number of halogens is 3. The molecule has 3 aromatic carbocycles. The zero-order valence-electron chi connectivity index (χ0n) is 12.3. The maximum absolute atomic E-state index is 12.4. The molecule has 0 unspecified atom stereocenters. The zero-order valence-corrected chi connectivity index (χ0v) is 13.1. The summed E-state index contributed by atoms with van der Waals surface area (Å²) in [6.45, 7) is -1.08. The highest BCUT2D eigenvalue weighted by Gasteiger charge is 2.47. The van der Waals surface area contributed by atoms with E-state index in [9.17, 15) is 31.2 Å². The fourth-order valence-electron chi connectivity index (χ4n) is 2.57. The standard InChI is InChI=1S/C16H9F3O5S/c17-16(18,19)25(22,23)24-8-7-12-14(20)10-5-1-3-9-4-2-6-11(13(9)10)15(12)21/h1-7H,8H2. The minimum Gasteiger partial charge on any atom is -0.288 e. The number of alkyl halides is 3. The lowest BCUT2D eigenvalue weighted by atomic mass is 9.99. The fourth-order valence-corrected chi connectivity index (χ4v) is 2.95. The Labute approximate surface area is 138 Å². The first kappa shape index (κ1) is 17.3. The molecule has 0 fully saturated rings. The lowest BCUT2D eigenvalue weighted by Crippen LogP contribution is -2.39. The minimum absolute atomic E-state index is 0.220. The Bertz CT molecular complexity index is 1170. The molecule has 0 heterocycles. The molecule has 0 atom stereocenters. The summed E-state index contributed by atoms with van der Waals surface area (Å²) in [5, 5.41) is 1.14. The molecule has 3 aromatic rings. The van der Waals surface area contributed by atoms with Gasteiger partial charge in [0.2, 0.25) is 0 Å². The van der Waals surface area contributed by atoms with Gasteiger partial charge >= 0.3 is 15.6 Å². The van der Waals surface area contributed by atoms with Crippen LogP contribution in [0.2, 0.25) is 0 Å². The van der Waals surface area contributed by atoms with Crippen LogP contribution in [0.25, 0.3) is 27.6 Å². The molecule has 0 N–H and O–H groups in total. The quantitative estimate of drug-likeness (QED) is 0.516. The fraction of sp³-hybridized carbons (Fsp3) is 0.125. The third-order valence-corrected chi connectivity index (χ3v) is 4.69. The Hall–Kier alpha value is -2.52. The summed E-state index contributed by atoms with van der Waals surface area (Å²) in [6, 6.07) is 9.63. The molecule has 0 spiro atoms. The van der Waals surface area contributed by atoms with Crippen LogP contribution in [-0.4, -0.2) is 20.5 Å². The van der Waals surface area contributed by atoms with Crippen LogP contribution < -0.4 is 16.1 Å². The van der Waals surface area contributed by atoms with Gasteiger partial charge in [-0.3, -0.25) is 13.8 Å². The third-order valence-electron chi connectivity index (χ3n) is 3.68. The van der Waals surface area contributed by atoms with Crippen molar-refractivity contribution in [3.05, 3.63) is 62.1 Å². The predicted octanol–water partition coefficient (Wildman–Crippen LogP) is 1.52. The first-order valence-corrected chi connectivity index (χ1v) is 8.31. The van der Waals surface area contributed by atoms with Crippen molar-refractivity contribution in [1.82, 2.24) is 0 Å². The van der Waals surface area contributed by atoms with Crippen molar-refractivity contribution in [3.8, 4) is 0 Å². The van der Waals surface area contributed by atoms with E-state index in [4.69, 9.17) is 0 Å². The molecule has 0 saturated heterocycles. The van der Waals surface area contributed by atoms with E-state index in [1.165, 1.54) is 12.1 Å². The van der Waals surface area contributed by atoms with Gasteiger partial charge in [0.05, 0.1) is 11.8 Å². The summed E-state index contributed by atoms with van der Waals surface area (Å²) in [5.74, 6) is 0. The monoisotopic (exact) mass is 370 g/mol. The first-order chi connectivity index (χ1) is 11.6. The predicted molar refractivity (Wildman–Crippen MR) is 85.8 cm³/mol. The van der Waals surface area contributed by atoms with Crippen LogP contribution in [0.15, 0.2) is 46.0 Å². The average Bonchev–Trinajstić information content (AvgIpc) is 2.54. The van der Waals surface area contributed by atoms with Crippen molar-refractivity contribution in [3.63, 3.8) is 0 Å². The van der Waals surface area contributed by atoms with Crippen LogP contribution in [-0.2, 0) is 14.3 Å². The van der Waals surface area contributed by atoms with Gasteiger partial charge in [0.25, 0.3) is 0 Å². The second kappa shape index (κ2) is 5.78. The smallest absolute Gasteiger partial charge is 0.288 e. The molecule has 0 bridgehead atoms. The van der Waals surface area contributed by atoms with Crippen LogP contribution in [0.4, 0.5) is 13.2 Å². The van der Waals surface area contributed by atoms with Crippen molar-refractivity contribution in [1.29, 1.82) is 0 Å². The topological polar surface area (TPSA) is 77.5 Å². The summed E-state index contributed by atoms with van der Waals surface area (Å²) in [5.41, 5.74) is -6.96. The number of rotatable bonds is 3. The maximum Gasteiger partial charge on any atom is 0.523 e. The zero-order chi connectivity index (χ0) is 18.4. The van der Waals surface area contributed by atoms with Gasteiger partial charge in [-0.15, -0.1) is 0 Å². The molecule has 5 nitrogen and oxygen atoms in total. The highest BCUT2D eigenvalue weighted by molar-refractivity contribution is 7.87. The minimum atomic E-state index is -5.80. The number of hydrogen-bond donors (Lipinski definition) is 0. The van der Waals surface area contributed by atoms with E-state index in [2.05, 4.69) is 4.18 Å². The van der Waals surface area contributed by atoms with E-state index < -0.39 is 38.3 Å². The molecule has 9 heteroatoms. The van der Waals surface area contributed by atoms with E-state index in [1.54, 1.807) is 24.3 Å². The Balaban J connectivity index is 2.18. The second-order valence-corrected chi connectivity index (χ2v) is 6.78. The van der Waals surface area contributed by atoms with Gasteiger partial charge in [0.1, 0.15) is 0 Å². The van der Waals surface area contributed by atoms with Crippen molar-refractivity contribution < 1.29 is 25.8 Å². The normalized spacial score (nSPS) is 12.8. The maximum atomic E-state index is 12.4. The lowest BCUT2D eigenvalue weighted by molar-refractivity contribution is -0.0533.